The molecule has 0 bridgehead atoms. The maximum absolute atomic E-state index is 11.6. The molecule has 162 valence electrons. The van der Waals surface area contributed by atoms with E-state index in [-0.39, 0.29) is 10.0 Å². The summed E-state index contributed by atoms with van der Waals surface area (Å²) in [5, 5.41) is 10.2. The lowest BCUT2D eigenvalue weighted by Crippen LogP contribution is -2.35. The van der Waals surface area contributed by atoms with Gasteiger partial charge in [-0.3, -0.25) is 4.90 Å². The van der Waals surface area contributed by atoms with Crippen LogP contribution in [0.3, 0.4) is 0 Å². The molecule has 0 aliphatic carbocycles. The van der Waals surface area contributed by atoms with Gasteiger partial charge in [0.05, 0.1) is 22.8 Å². The van der Waals surface area contributed by atoms with E-state index in [1.807, 2.05) is 66.7 Å². The summed E-state index contributed by atoms with van der Waals surface area (Å²) in [4.78, 5) is 1.79. The zero-order valence-corrected chi connectivity index (χ0v) is 18.6. The average molecular weight is 464 g/mol. The van der Waals surface area contributed by atoms with Gasteiger partial charge in [-0.15, -0.1) is 5.10 Å². The van der Waals surface area contributed by atoms with Gasteiger partial charge in [-0.25, -0.2) is 18.2 Å². The third-order valence-corrected chi connectivity index (χ3v) is 6.05. The van der Waals surface area contributed by atoms with Crippen molar-refractivity contribution in [3.63, 3.8) is 0 Å². The van der Waals surface area contributed by atoms with E-state index in [9.17, 15) is 8.42 Å². The van der Waals surface area contributed by atoms with Crippen LogP contribution in [0.4, 0.5) is 5.82 Å². The molecule has 0 aliphatic heterocycles. The second-order valence-electron chi connectivity index (χ2n) is 7.11. The highest BCUT2D eigenvalue weighted by molar-refractivity contribution is 7.89. The molecule has 32 heavy (non-hydrogen) atoms. The molecule has 4 rings (SSSR count). The maximum Gasteiger partial charge on any atom is 0.238 e. The highest BCUT2D eigenvalue weighted by atomic mass is 32.2. The molecule has 0 saturated heterocycles. The van der Waals surface area contributed by atoms with Gasteiger partial charge in [-0.2, -0.15) is 0 Å². The first-order valence-electron chi connectivity index (χ1n) is 9.72. The monoisotopic (exact) mass is 463 g/mol. The zero-order chi connectivity index (χ0) is 22.7. The van der Waals surface area contributed by atoms with Gasteiger partial charge in [-0.05, 0) is 42.0 Å². The minimum atomic E-state index is -3.79. The van der Waals surface area contributed by atoms with Gasteiger partial charge in [0.25, 0.3) is 0 Å². The van der Waals surface area contributed by atoms with Gasteiger partial charge in [0, 0.05) is 11.6 Å². The second-order valence-corrected chi connectivity index (χ2v) is 9.09. The predicted octanol–water partition coefficient (Wildman–Crippen LogP) is 3.44. The fourth-order valence-electron chi connectivity index (χ4n) is 3.33. The van der Waals surface area contributed by atoms with Crippen LogP contribution in [0.1, 0.15) is 5.56 Å². The van der Waals surface area contributed by atoms with E-state index in [1.165, 1.54) is 12.1 Å². The molecule has 4 N–H and O–H groups in total. The Kier molecular flexibility index (Phi) is 6.04. The van der Waals surface area contributed by atoms with Crippen molar-refractivity contribution < 1.29 is 8.42 Å². The number of benzene rings is 3. The largest absolute Gasteiger partial charge is 0.376 e. The Labute approximate surface area is 191 Å². The van der Waals surface area contributed by atoms with Gasteiger partial charge in [0.1, 0.15) is 0 Å². The molecule has 9 heteroatoms. The maximum atomic E-state index is 11.6. The number of nitrogens with two attached hydrogens (primary N) is 2. The molecule has 0 atom stereocenters. The Bertz CT molecular complexity index is 1340. The Morgan fingerprint density at radius 2 is 1.53 bits per heavy atom. The van der Waals surface area contributed by atoms with Crippen molar-refractivity contribution in [1.29, 1.82) is 0 Å². The zero-order valence-electron chi connectivity index (χ0n) is 17.0. The van der Waals surface area contributed by atoms with E-state index in [1.54, 1.807) is 21.7 Å². The highest BCUT2D eigenvalue weighted by Gasteiger charge is 2.19. The van der Waals surface area contributed by atoms with E-state index in [0.29, 0.717) is 18.1 Å². The van der Waals surface area contributed by atoms with E-state index in [2.05, 4.69) is 0 Å². The number of hydrogen-bond donors (Lipinski definition) is 2. The predicted molar refractivity (Wildman–Crippen MR) is 130 cm³/mol. The first-order chi connectivity index (χ1) is 15.3. The van der Waals surface area contributed by atoms with Crippen molar-refractivity contribution >= 4 is 33.2 Å². The Morgan fingerprint density at radius 3 is 2.09 bits per heavy atom. The van der Waals surface area contributed by atoms with Crippen LogP contribution in [0, 0.1) is 0 Å². The minimum Gasteiger partial charge on any atom is -0.376 e. The molecular weight excluding hydrogens is 442 g/mol. The molecule has 0 radical (unpaired) electrons. The van der Waals surface area contributed by atoms with Crippen LogP contribution in [0.5, 0.6) is 0 Å². The van der Waals surface area contributed by atoms with E-state index in [0.717, 1.165) is 16.8 Å². The number of hydrogen-bond acceptors (Lipinski definition) is 4. The van der Waals surface area contributed by atoms with Crippen molar-refractivity contribution in [2.75, 3.05) is 4.90 Å². The van der Waals surface area contributed by atoms with Gasteiger partial charge >= 0.3 is 0 Å². The quantitative estimate of drug-likeness (QED) is 0.424. The first-order valence-corrected chi connectivity index (χ1v) is 11.7. The average Bonchev–Trinajstić information content (AvgIpc) is 3.23. The van der Waals surface area contributed by atoms with Crippen LogP contribution in [0.2, 0.25) is 0 Å². The number of nitrogens with zero attached hydrogens (tertiary/aromatic N) is 3. The summed E-state index contributed by atoms with van der Waals surface area (Å²) in [6.45, 7) is 0.464. The normalized spacial score (nSPS) is 11.3. The van der Waals surface area contributed by atoms with Crippen molar-refractivity contribution in [1.82, 2.24) is 9.78 Å². The van der Waals surface area contributed by atoms with Gasteiger partial charge in [-0.1, -0.05) is 60.7 Å². The molecule has 0 saturated carbocycles. The van der Waals surface area contributed by atoms with Crippen molar-refractivity contribution in [3.8, 4) is 16.9 Å². The molecule has 7 nitrogen and oxygen atoms in total. The third-order valence-electron chi connectivity index (χ3n) is 4.90. The van der Waals surface area contributed by atoms with Crippen LogP contribution >= 0.6 is 12.2 Å². The Morgan fingerprint density at radius 1 is 0.938 bits per heavy atom. The number of primary sulfonamides is 1. The SMILES string of the molecule is NC(=S)N(Cc1ccccc1)c1cc(-c2ccccc2)n(-c2ccc(S(N)(=O)=O)cc2)n1. The van der Waals surface area contributed by atoms with Crippen LogP contribution in [-0.4, -0.2) is 23.3 Å². The molecule has 0 aliphatic rings. The molecule has 1 heterocycles. The fourth-order valence-corrected chi connectivity index (χ4v) is 4.00. The first kappa shape index (κ1) is 21.7. The van der Waals surface area contributed by atoms with Crippen molar-refractivity contribution in [3.05, 3.63) is 96.6 Å². The van der Waals surface area contributed by atoms with Gasteiger partial charge < -0.3 is 5.73 Å². The standard InChI is InChI=1S/C23H21N5O2S2/c24-23(31)27(16-17-7-3-1-4-8-17)22-15-21(18-9-5-2-6-10-18)28(26-22)19-11-13-20(14-12-19)32(25,29)30/h1-15H,16H2,(H2,24,31)(H2,25,29,30). The topological polar surface area (TPSA) is 107 Å². The highest BCUT2D eigenvalue weighted by Crippen LogP contribution is 2.29. The summed E-state index contributed by atoms with van der Waals surface area (Å²) < 4.78 is 25.0. The number of sulfonamides is 1. The molecule has 4 aromatic rings. The molecule has 0 fully saturated rings. The minimum absolute atomic E-state index is 0.0312. The Hall–Kier alpha value is -3.53. The molecule has 3 aromatic carbocycles. The van der Waals surface area contributed by atoms with Crippen LogP contribution in [0.15, 0.2) is 95.9 Å². The number of thiocarbonyl (C=S) groups is 1. The molecule has 0 unspecified atom stereocenters. The molecule has 1 aromatic heterocycles. The van der Waals surface area contributed by atoms with Crippen LogP contribution < -0.4 is 15.8 Å². The second kappa shape index (κ2) is 8.91. The van der Waals surface area contributed by atoms with Crippen LogP contribution in [-0.2, 0) is 16.6 Å². The number of rotatable bonds is 6. The Balaban J connectivity index is 1.81. The molecule has 0 spiro atoms. The molecular formula is C23H21N5O2S2. The number of aromatic nitrogens is 2. The summed E-state index contributed by atoms with van der Waals surface area (Å²) in [7, 11) is -3.79. The van der Waals surface area contributed by atoms with Gasteiger partial charge in [0.15, 0.2) is 10.9 Å². The lowest BCUT2D eigenvalue weighted by molar-refractivity contribution is 0.598. The fraction of sp³-hybridized carbons (Fsp3) is 0.0435. The summed E-state index contributed by atoms with van der Waals surface area (Å²) in [5.41, 5.74) is 9.49. The van der Waals surface area contributed by atoms with E-state index in [4.69, 9.17) is 28.2 Å². The van der Waals surface area contributed by atoms with Crippen molar-refractivity contribution in [2.45, 2.75) is 11.4 Å². The number of anilines is 1. The summed E-state index contributed by atoms with van der Waals surface area (Å²) in [5.74, 6) is 0.579. The summed E-state index contributed by atoms with van der Waals surface area (Å²) in [6, 6.07) is 27.7. The lowest BCUT2D eigenvalue weighted by Gasteiger charge is -2.20. The van der Waals surface area contributed by atoms with Crippen molar-refractivity contribution in [2.24, 2.45) is 10.9 Å². The van der Waals surface area contributed by atoms with E-state index < -0.39 is 10.0 Å². The summed E-state index contributed by atoms with van der Waals surface area (Å²) in [6.07, 6.45) is 0. The lowest BCUT2D eigenvalue weighted by atomic mass is 10.1. The third kappa shape index (κ3) is 4.70. The summed E-state index contributed by atoms with van der Waals surface area (Å²) >= 11 is 5.32. The smallest absolute Gasteiger partial charge is 0.238 e. The van der Waals surface area contributed by atoms with Crippen LogP contribution in [0.25, 0.3) is 16.9 Å². The van der Waals surface area contributed by atoms with Gasteiger partial charge in [0.2, 0.25) is 10.0 Å². The van der Waals surface area contributed by atoms with E-state index >= 15 is 0 Å². The molecule has 0 amide bonds.